The lowest BCUT2D eigenvalue weighted by Gasteiger charge is -2.18. The second-order valence-corrected chi connectivity index (χ2v) is 7.34. The van der Waals surface area contributed by atoms with E-state index >= 15 is 0 Å². The molecule has 190 valence electrons. The van der Waals surface area contributed by atoms with Crippen molar-refractivity contribution in [1.82, 2.24) is 9.55 Å². The van der Waals surface area contributed by atoms with E-state index in [1.165, 1.54) is 31.4 Å². The van der Waals surface area contributed by atoms with Gasteiger partial charge in [0.05, 0.1) is 17.6 Å². The first kappa shape index (κ1) is 26.6. The Labute approximate surface area is 203 Å². The van der Waals surface area contributed by atoms with Crippen molar-refractivity contribution < 1.29 is 31.4 Å². The second-order valence-electron chi connectivity index (χ2n) is 7.34. The van der Waals surface area contributed by atoms with Crippen LogP contribution < -0.4 is 15.5 Å². The molecule has 0 amide bonds. The van der Waals surface area contributed by atoms with Gasteiger partial charge in [0.25, 0.3) is 0 Å². The van der Waals surface area contributed by atoms with Crippen molar-refractivity contribution >= 4 is 28.7 Å². The van der Waals surface area contributed by atoms with Gasteiger partial charge < -0.3 is 14.8 Å². The zero-order chi connectivity index (χ0) is 26.3. The lowest BCUT2D eigenvalue weighted by atomic mass is 10.1. The van der Waals surface area contributed by atoms with Crippen molar-refractivity contribution in [2.45, 2.75) is 13.1 Å². The van der Waals surface area contributed by atoms with Gasteiger partial charge in [0.15, 0.2) is 11.1 Å². The molecule has 36 heavy (non-hydrogen) atoms. The summed E-state index contributed by atoms with van der Waals surface area (Å²) < 4.78 is 81.0. The molecule has 0 atom stereocenters. The first-order valence-electron chi connectivity index (χ1n) is 10.6. The number of fused-ring (bicyclic) bond motifs is 1. The number of nitrogens with zero attached hydrogens (tertiary/aromatic N) is 2. The molecule has 0 saturated heterocycles. The van der Waals surface area contributed by atoms with Gasteiger partial charge in [-0.05, 0) is 37.3 Å². The molecule has 0 bridgehead atoms. The molecule has 0 fully saturated rings. The SMILES string of the molecule is C\C=C/C=C(F)\C=C\n1c(Nc2cccc(F)c2)cc(=O)c2c(C(F)(F)F)cc(OCCOC)nc21. The summed E-state index contributed by atoms with van der Waals surface area (Å²) in [4.78, 5) is 17.0. The maximum absolute atomic E-state index is 14.3. The van der Waals surface area contributed by atoms with Crippen LogP contribution in [-0.2, 0) is 10.9 Å². The summed E-state index contributed by atoms with van der Waals surface area (Å²) in [7, 11) is 1.39. The molecule has 0 aliphatic rings. The van der Waals surface area contributed by atoms with Crippen molar-refractivity contribution in [1.29, 1.82) is 0 Å². The summed E-state index contributed by atoms with van der Waals surface area (Å²) >= 11 is 0. The smallest absolute Gasteiger partial charge is 0.417 e. The van der Waals surface area contributed by atoms with Crippen LogP contribution in [-0.4, -0.2) is 29.9 Å². The van der Waals surface area contributed by atoms with Crippen LogP contribution >= 0.6 is 0 Å². The van der Waals surface area contributed by atoms with Crippen LogP contribution in [0.1, 0.15) is 12.5 Å². The predicted octanol–water partition coefficient (Wildman–Crippen LogP) is 6.22. The maximum Gasteiger partial charge on any atom is 0.417 e. The van der Waals surface area contributed by atoms with Crippen LogP contribution in [0.5, 0.6) is 5.88 Å². The van der Waals surface area contributed by atoms with E-state index in [0.717, 1.165) is 35.1 Å². The van der Waals surface area contributed by atoms with Crippen LogP contribution in [0.2, 0.25) is 0 Å². The number of ether oxygens (including phenoxy) is 2. The molecule has 6 nitrogen and oxygen atoms in total. The highest BCUT2D eigenvalue weighted by Crippen LogP contribution is 2.36. The number of benzene rings is 1. The average molecular weight is 507 g/mol. The first-order valence-corrected chi connectivity index (χ1v) is 10.6. The standard InChI is InChI=1S/C25H22F5N3O3/c1-3-4-6-16(26)9-10-33-21(31-18-8-5-7-17(27)13-18)15-20(34)23-19(25(28,29)30)14-22(32-24(23)33)36-12-11-35-2/h3-10,13-15,31H,11-12H2,1-2H3/b4-3-,10-9+,16-6+. The number of allylic oxidation sites excluding steroid dienone is 5. The highest BCUT2D eigenvalue weighted by atomic mass is 19.4. The number of hydrogen-bond acceptors (Lipinski definition) is 5. The molecule has 1 N–H and O–H groups in total. The topological polar surface area (TPSA) is 65.4 Å². The minimum Gasteiger partial charge on any atom is -0.475 e. The molecule has 0 radical (unpaired) electrons. The Balaban J connectivity index is 2.32. The van der Waals surface area contributed by atoms with Crippen LogP contribution in [0, 0.1) is 5.82 Å². The monoisotopic (exact) mass is 507 g/mol. The first-order chi connectivity index (χ1) is 17.1. The fourth-order valence-electron chi connectivity index (χ4n) is 3.18. The van der Waals surface area contributed by atoms with Crippen LogP contribution in [0.3, 0.4) is 0 Å². The minimum atomic E-state index is -4.92. The Morgan fingerprint density at radius 3 is 2.64 bits per heavy atom. The number of nitrogens with one attached hydrogen (secondary N) is 1. The molecule has 3 aromatic rings. The van der Waals surface area contributed by atoms with Crippen molar-refractivity contribution in [3.05, 3.63) is 88.1 Å². The number of hydrogen-bond donors (Lipinski definition) is 1. The van der Waals surface area contributed by atoms with Crippen molar-refractivity contribution in [2.24, 2.45) is 0 Å². The summed E-state index contributed by atoms with van der Waals surface area (Å²) in [6.45, 7) is 1.65. The van der Waals surface area contributed by atoms with Gasteiger partial charge in [0, 0.05) is 31.1 Å². The molecule has 1 aromatic carbocycles. The van der Waals surface area contributed by atoms with Gasteiger partial charge in [-0.15, -0.1) is 0 Å². The van der Waals surface area contributed by atoms with Gasteiger partial charge in [-0.1, -0.05) is 18.2 Å². The third-order valence-electron chi connectivity index (χ3n) is 4.75. The van der Waals surface area contributed by atoms with E-state index in [0.29, 0.717) is 6.07 Å². The summed E-state index contributed by atoms with van der Waals surface area (Å²) in [5.41, 5.74) is -2.51. The van der Waals surface area contributed by atoms with E-state index in [1.807, 2.05) is 0 Å². The highest BCUT2D eigenvalue weighted by molar-refractivity contribution is 5.85. The van der Waals surface area contributed by atoms with E-state index in [9.17, 15) is 26.7 Å². The maximum atomic E-state index is 14.3. The number of halogens is 5. The second kappa shape index (κ2) is 11.6. The van der Waals surface area contributed by atoms with Gasteiger partial charge in [-0.3, -0.25) is 9.36 Å². The molecule has 0 aliphatic carbocycles. The number of pyridine rings is 2. The molecule has 2 heterocycles. The third kappa shape index (κ3) is 6.57. The van der Waals surface area contributed by atoms with Gasteiger partial charge >= 0.3 is 6.18 Å². The van der Waals surface area contributed by atoms with Crippen molar-refractivity contribution in [3.8, 4) is 5.88 Å². The number of methoxy groups -OCH3 is 1. The summed E-state index contributed by atoms with van der Waals surface area (Å²) in [6, 6.07) is 6.72. The minimum absolute atomic E-state index is 0.0793. The van der Waals surface area contributed by atoms with Crippen molar-refractivity contribution in [3.63, 3.8) is 0 Å². The fraction of sp³-hybridized carbons (Fsp3) is 0.200. The lowest BCUT2D eigenvalue weighted by Crippen LogP contribution is -2.18. The Morgan fingerprint density at radius 1 is 1.19 bits per heavy atom. The Morgan fingerprint density at radius 2 is 1.97 bits per heavy atom. The van der Waals surface area contributed by atoms with E-state index in [1.54, 1.807) is 13.0 Å². The summed E-state index contributed by atoms with van der Waals surface area (Å²) in [6.07, 6.45) is 1.31. The van der Waals surface area contributed by atoms with Gasteiger partial charge in [0.1, 0.15) is 24.1 Å². The molecule has 3 rings (SSSR count). The fourth-order valence-corrected chi connectivity index (χ4v) is 3.18. The Hall–Kier alpha value is -3.99. The molecule has 0 spiro atoms. The number of rotatable bonds is 9. The Bertz CT molecular complexity index is 1380. The van der Waals surface area contributed by atoms with Crippen LogP contribution in [0.25, 0.3) is 17.2 Å². The van der Waals surface area contributed by atoms with E-state index < -0.39 is 45.7 Å². The molecular formula is C25H22F5N3O3. The Kier molecular flexibility index (Phi) is 8.59. The largest absolute Gasteiger partial charge is 0.475 e. The van der Waals surface area contributed by atoms with Gasteiger partial charge in [-0.2, -0.15) is 18.2 Å². The van der Waals surface area contributed by atoms with Crippen LogP contribution in [0.15, 0.2) is 71.3 Å². The van der Waals surface area contributed by atoms with Crippen molar-refractivity contribution in [2.75, 3.05) is 25.6 Å². The lowest BCUT2D eigenvalue weighted by molar-refractivity contribution is -0.136. The molecule has 0 unspecified atom stereocenters. The number of alkyl halides is 3. The van der Waals surface area contributed by atoms with E-state index in [4.69, 9.17) is 9.47 Å². The van der Waals surface area contributed by atoms with E-state index in [-0.39, 0.29) is 24.7 Å². The predicted molar refractivity (Wildman–Crippen MR) is 127 cm³/mol. The third-order valence-corrected chi connectivity index (χ3v) is 4.75. The molecular weight excluding hydrogens is 485 g/mol. The number of anilines is 2. The zero-order valence-corrected chi connectivity index (χ0v) is 19.3. The quantitative estimate of drug-likeness (QED) is 0.212. The molecule has 11 heteroatoms. The molecule has 0 aliphatic heterocycles. The number of aromatic nitrogens is 2. The normalized spacial score (nSPS) is 12.7. The summed E-state index contributed by atoms with van der Waals surface area (Å²) in [5, 5.41) is 2.04. The van der Waals surface area contributed by atoms with Gasteiger partial charge in [0.2, 0.25) is 5.88 Å². The van der Waals surface area contributed by atoms with E-state index in [2.05, 4.69) is 10.3 Å². The van der Waals surface area contributed by atoms with Crippen LogP contribution in [0.4, 0.5) is 33.5 Å². The highest BCUT2D eigenvalue weighted by Gasteiger charge is 2.35. The summed E-state index contributed by atoms with van der Waals surface area (Å²) in [5.74, 6) is -1.80. The molecule has 0 saturated carbocycles. The zero-order valence-electron chi connectivity index (χ0n) is 19.3. The van der Waals surface area contributed by atoms with Gasteiger partial charge in [-0.25, -0.2) is 8.78 Å². The average Bonchev–Trinajstić information content (AvgIpc) is 2.81. The molecule has 2 aromatic heterocycles.